The Morgan fingerprint density at radius 3 is 2.60 bits per heavy atom. The van der Waals surface area contributed by atoms with Crippen LogP contribution in [0.5, 0.6) is 0 Å². The van der Waals surface area contributed by atoms with Crippen LogP contribution < -0.4 is 0 Å². The second-order valence-electron chi connectivity index (χ2n) is 7.13. The summed E-state index contributed by atoms with van der Waals surface area (Å²) in [7, 11) is 0. The zero-order valence-electron chi connectivity index (χ0n) is 14.6. The van der Waals surface area contributed by atoms with Gasteiger partial charge in [0.2, 0.25) is 0 Å². The zero-order valence-corrected chi connectivity index (χ0v) is 14.6. The molecule has 0 aliphatic heterocycles. The topological polar surface area (TPSA) is 36.1 Å². The monoisotopic (exact) mass is 332 g/mol. The fourth-order valence-electron chi connectivity index (χ4n) is 3.51. The van der Waals surface area contributed by atoms with Crippen LogP contribution in [0.2, 0.25) is 0 Å². The molecule has 1 aromatic heterocycles. The lowest BCUT2D eigenvalue weighted by Gasteiger charge is -2.29. The molecule has 25 heavy (non-hydrogen) atoms. The van der Waals surface area contributed by atoms with Gasteiger partial charge in [0.15, 0.2) is 5.78 Å². The molecule has 1 aliphatic rings. The number of fused-ring (bicyclic) bond motifs is 1. The SMILES string of the molecule is CC(c1ccccc1)N(CC(=O)c1c[nH]c2ccccc12)CC1CC1. The minimum Gasteiger partial charge on any atom is -0.360 e. The number of para-hydroxylation sites is 1. The van der Waals surface area contributed by atoms with E-state index in [0.29, 0.717) is 6.54 Å². The molecule has 1 saturated carbocycles. The Labute approximate surface area is 148 Å². The first-order valence-electron chi connectivity index (χ1n) is 9.10. The summed E-state index contributed by atoms with van der Waals surface area (Å²) in [6.45, 7) is 3.68. The Balaban J connectivity index is 1.56. The van der Waals surface area contributed by atoms with Crippen molar-refractivity contribution < 1.29 is 4.79 Å². The number of aromatic amines is 1. The van der Waals surface area contributed by atoms with Crippen LogP contribution in [0.15, 0.2) is 60.8 Å². The van der Waals surface area contributed by atoms with Crippen molar-refractivity contribution in [1.82, 2.24) is 9.88 Å². The van der Waals surface area contributed by atoms with Crippen molar-refractivity contribution in [3.63, 3.8) is 0 Å². The molecule has 0 spiro atoms. The third-order valence-corrected chi connectivity index (χ3v) is 5.26. The van der Waals surface area contributed by atoms with Crippen molar-refractivity contribution >= 4 is 16.7 Å². The Morgan fingerprint density at radius 1 is 1.12 bits per heavy atom. The molecule has 1 fully saturated rings. The highest BCUT2D eigenvalue weighted by molar-refractivity contribution is 6.08. The van der Waals surface area contributed by atoms with E-state index in [-0.39, 0.29) is 11.8 Å². The number of nitrogens with zero attached hydrogens (tertiary/aromatic N) is 1. The summed E-state index contributed by atoms with van der Waals surface area (Å²) in [6, 6.07) is 18.7. The number of rotatable bonds is 7. The molecule has 0 radical (unpaired) electrons. The van der Waals surface area contributed by atoms with Gasteiger partial charge in [-0.25, -0.2) is 0 Å². The summed E-state index contributed by atoms with van der Waals surface area (Å²) in [5, 5.41) is 1.02. The van der Waals surface area contributed by atoms with E-state index >= 15 is 0 Å². The van der Waals surface area contributed by atoms with Gasteiger partial charge < -0.3 is 4.98 Å². The molecular formula is C22H24N2O. The minimum atomic E-state index is 0.195. The van der Waals surface area contributed by atoms with Crippen LogP contribution in [0.4, 0.5) is 0 Å². The van der Waals surface area contributed by atoms with Crippen molar-refractivity contribution in [2.75, 3.05) is 13.1 Å². The second kappa shape index (κ2) is 6.85. The first-order chi connectivity index (χ1) is 12.2. The summed E-state index contributed by atoms with van der Waals surface area (Å²) in [5.41, 5.74) is 3.10. The number of benzene rings is 2. The molecule has 0 bridgehead atoms. The molecule has 0 amide bonds. The molecule has 1 N–H and O–H groups in total. The smallest absolute Gasteiger partial charge is 0.178 e. The molecule has 1 heterocycles. The predicted octanol–water partition coefficient (Wildman–Crippen LogP) is 4.82. The van der Waals surface area contributed by atoms with Gasteiger partial charge >= 0.3 is 0 Å². The van der Waals surface area contributed by atoms with E-state index in [1.165, 1.54) is 18.4 Å². The molecule has 4 rings (SSSR count). The van der Waals surface area contributed by atoms with Gasteiger partial charge in [-0.1, -0.05) is 48.5 Å². The van der Waals surface area contributed by atoms with Crippen molar-refractivity contribution in [2.24, 2.45) is 5.92 Å². The van der Waals surface area contributed by atoms with E-state index in [2.05, 4.69) is 41.1 Å². The third-order valence-electron chi connectivity index (χ3n) is 5.26. The van der Waals surface area contributed by atoms with Crippen molar-refractivity contribution in [3.05, 3.63) is 71.9 Å². The van der Waals surface area contributed by atoms with Gasteiger partial charge in [0.25, 0.3) is 0 Å². The van der Waals surface area contributed by atoms with Gasteiger partial charge in [0.1, 0.15) is 0 Å². The highest BCUT2D eigenvalue weighted by Gasteiger charge is 2.29. The number of H-pyrrole nitrogens is 1. The summed E-state index contributed by atoms with van der Waals surface area (Å²) in [6.07, 6.45) is 4.44. The molecule has 2 aromatic carbocycles. The highest BCUT2D eigenvalue weighted by Crippen LogP contribution is 2.33. The first kappa shape index (κ1) is 16.1. The summed E-state index contributed by atoms with van der Waals surface area (Å²) < 4.78 is 0. The van der Waals surface area contributed by atoms with Gasteiger partial charge in [0.05, 0.1) is 6.54 Å². The van der Waals surface area contributed by atoms with E-state index in [4.69, 9.17) is 0 Å². The number of aromatic nitrogens is 1. The molecular weight excluding hydrogens is 308 g/mol. The number of hydrogen-bond acceptors (Lipinski definition) is 2. The maximum absolute atomic E-state index is 13.0. The third kappa shape index (κ3) is 3.52. The molecule has 1 atom stereocenters. The van der Waals surface area contributed by atoms with Crippen LogP contribution in [-0.4, -0.2) is 28.8 Å². The van der Waals surface area contributed by atoms with Gasteiger partial charge in [-0.2, -0.15) is 0 Å². The van der Waals surface area contributed by atoms with Gasteiger partial charge in [-0.05, 0) is 37.3 Å². The lowest BCUT2D eigenvalue weighted by molar-refractivity contribution is 0.0894. The van der Waals surface area contributed by atoms with Gasteiger partial charge in [-0.3, -0.25) is 9.69 Å². The van der Waals surface area contributed by atoms with Crippen molar-refractivity contribution in [1.29, 1.82) is 0 Å². The summed E-state index contributed by atoms with van der Waals surface area (Å²) >= 11 is 0. The number of nitrogens with one attached hydrogen (secondary N) is 1. The number of hydrogen-bond donors (Lipinski definition) is 1. The van der Waals surface area contributed by atoms with Crippen LogP contribution >= 0.6 is 0 Å². The quantitative estimate of drug-likeness (QED) is 0.629. The normalized spacial score (nSPS) is 15.6. The molecule has 128 valence electrons. The van der Waals surface area contributed by atoms with Crippen LogP contribution in [0, 0.1) is 5.92 Å². The molecule has 3 heteroatoms. The molecule has 3 aromatic rings. The van der Waals surface area contributed by atoms with E-state index in [0.717, 1.165) is 28.9 Å². The number of carbonyl (C=O) groups excluding carboxylic acids is 1. The van der Waals surface area contributed by atoms with E-state index in [1.54, 1.807) is 0 Å². The Morgan fingerprint density at radius 2 is 1.84 bits per heavy atom. The standard InChI is InChI=1S/C22H24N2O/c1-16(18-7-3-2-4-8-18)24(14-17-11-12-17)15-22(25)20-13-23-21-10-6-5-9-19(20)21/h2-10,13,16-17,23H,11-12,14-15H2,1H3. The van der Waals surface area contributed by atoms with Crippen molar-refractivity contribution in [3.8, 4) is 0 Å². The Kier molecular flexibility index (Phi) is 4.41. The van der Waals surface area contributed by atoms with Crippen LogP contribution in [0.25, 0.3) is 10.9 Å². The fraction of sp³-hybridized carbons (Fsp3) is 0.318. The van der Waals surface area contributed by atoms with Crippen LogP contribution in [-0.2, 0) is 0 Å². The number of ketones is 1. The first-order valence-corrected chi connectivity index (χ1v) is 9.10. The molecule has 1 unspecified atom stereocenters. The maximum atomic E-state index is 13.0. The largest absolute Gasteiger partial charge is 0.360 e. The van der Waals surface area contributed by atoms with E-state index in [1.807, 2.05) is 36.5 Å². The van der Waals surface area contributed by atoms with E-state index < -0.39 is 0 Å². The minimum absolute atomic E-state index is 0.195. The lowest BCUT2D eigenvalue weighted by atomic mass is 10.0. The van der Waals surface area contributed by atoms with Crippen LogP contribution in [0.3, 0.4) is 0 Å². The van der Waals surface area contributed by atoms with Crippen LogP contribution in [0.1, 0.15) is 41.7 Å². The van der Waals surface area contributed by atoms with Gasteiger partial charge in [0, 0.05) is 35.2 Å². The lowest BCUT2D eigenvalue weighted by Crippen LogP contribution is -2.34. The Hall–Kier alpha value is -2.39. The average Bonchev–Trinajstić information content (AvgIpc) is 3.36. The zero-order chi connectivity index (χ0) is 17.2. The average molecular weight is 332 g/mol. The fourth-order valence-corrected chi connectivity index (χ4v) is 3.51. The molecule has 3 nitrogen and oxygen atoms in total. The second-order valence-corrected chi connectivity index (χ2v) is 7.13. The molecule has 0 saturated heterocycles. The predicted molar refractivity (Wildman–Crippen MR) is 102 cm³/mol. The van der Waals surface area contributed by atoms with E-state index in [9.17, 15) is 4.79 Å². The number of carbonyl (C=O) groups is 1. The number of Topliss-reactive ketones (excluding diaryl/α,β-unsaturated/α-hetero) is 1. The highest BCUT2D eigenvalue weighted by atomic mass is 16.1. The summed E-state index contributed by atoms with van der Waals surface area (Å²) in [4.78, 5) is 18.6. The van der Waals surface area contributed by atoms with Crippen molar-refractivity contribution in [2.45, 2.75) is 25.8 Å². The Bertz CT molecular complexity index is 864. The maximum Gasteiger partial charge on any atom is 0.178 e. The summed E-state index contributed by atoms with van der Waals surface area (Å²) in [5.74, 6) is 0.947. The van der Waals surface area contributed by atoms with Gasteiger partial charge in [-0.15, -0.1) is 0 Å². The molecule has 1 aliphatic carbocycles.